The van der Waals surface area contributed by atoms with Gasteiger partial charge in [-0.2, -0.15) is 5.26 Å². The van der Waals surface area contributed by atoms with Gasteiger partial charge in [-0.1, -0.05) is 0 Å². The van der Waals surface area contributed by atoms with E-state index in [4.69, 9.17) is 10.00 Å². The number of nitrogens with zero attached hydrogens (tertiary/aromatic N) is 4. The van der Waals surface area contributed by atoms with Crippen LogP contribution in [0, 0.1) is 11.3 Å². The third-order valence-electron chi connectivity index (χ3n) is 4.44. The minimum Gasteiger partial charge on any atom is -0.374 e. The van der Waals surface area contributed by atoms with E-state index in [9.17, 15) is 4.79 Å². The van der Waals surface area contributed by atoms with Gasteiger partial charge in [0.05, 0.1) is 30.9 Å². The second kappa shape index (κ2) is 6.32. The number of fused-ring (bicyclic) bond motifs is 1. The average Bonchev–Trinajstić information content (AvgIpc) is 3.03. The van der Waals surface area contributed by atoms with Crippen LogP contribution in [0.3, 0.4) is 0 Å². The van der Waals surface area contributed by atoms with Crippen LogP contribution < -0.4 is 4.90 Å². The van der Waals surface area contributed by atoms with Crippen molar-refractivity contribution >= 4 is 11.7 Å². The monoisotopic (exact) mass is 300 g/mol. The van der Waals surface area contributed by atoms with E-state index in [1.54, 1.807) is 12.1 Å². The van der Waals surface area contributed by atoms with E-state index in [-0.39, 0.29) is 18.1 Å². The molecule has 22 heavy (non-hydrogen) atoms. The van der Waals surface area contributed by atoms with Gasteiger partial charge in [0, 0.05) is 19.8 Å². The Morgan fingerprint density at radius 3 is 3.14 bits per heavy atom. The number of anilines is 1. The van der Waals surface area contributed by atoms with Crippen molar-refractivity contribution in [1.82, 2.24) is 9.88 Å². The van der Waals surface area contributed by atoms with E-state index in [0.29, 0.717) is 31.1 Å². The SMILES string of the molecule is CN(CC(=O)N1CCOC2CCCC21)c1ccc(C#N)cn1. The maximum atomic E-state index is 12.6. The number of morpholine rings is 1. The molecular formula is C16H20N4O2. The maximum Gasteiger partial charge on any atom is 0.242 e. The highest BCUT2D eigenvalue weighted by molar-refractivity contribution is 5.81. The number of ether oxygens (including phenoxy) is 1. The summed E-state index contributed by atoms with van der Waals surface area (Å²) in [5.41, 5.74) is 0.519. The lowest BCUT2D eigenvalue weighted by molar-refractivity contribution is -0.142. The molecular weight excluding hydrogens is 280 g/mol. The zero-order chi connectivity index (χ0) is 15.5. The number of pyridine rings is 1. The number of carbonyl (C=O) groups is 1. The molecule has 2 fully saturated rings. The molecule has 0 N–H and O–H groups in total. The van der Waals surface area contributed by atoms with Crippen LogP contribution in [0.5, 0.6) is 0 Å². The number of aromatic nitrogens is 1. The van der Waals surface area contributed by atoms with Crippen molar-refractivity contribution in [3.8, 4) is 6.07 Å². The van der Waals surface area contributed by atoms with Crippen molar-refractivity contribution in [2.24, 2.45) is 0 Å². The molecule has 0 radical (unpaired) electrons. The van der Waals surface area contributed by atoms with Crippen LogP contribution in [-0.4, -0.2) is 54.7 Å². The quantitative estimate of drug-likeness (QED) is 0.838. The van der Waals surface area contributed by atoms with E-state index in [0.717, 1.165) is 19.3 Å². The summed E-state index contributed by atoms with van der Waals surface area (Å²) in [6.45, 7) is 1.60. The highest BCUT2D eigenvalue weighted by Crippen LogP contribution is 2.29. The summed E-state index contributed by atoms with van der Waals surface area (Å²) < 4.78 is 5.75. The Balaban J connectivity index is 1.64. The number of nitriles is 1. The van der Waals surface area contributed by atoms with Gasteiger partial charge in [0.15, 0.2) is 0 Å². The average molecular weight is 300 g/mol. The van der Waals surface area contributed by atoms with Crippen LogP contribution in [0.2, 0.25) is 0 Å². The standard InChI is InChI=1S/C16H20N4O2/c1-19(15-6-5-12(9-17)10-18-15)11-16(21)20-7-8-22-14-4-2-3-13(14)20/h5-6,10,13-14H,2-4,7-8,11H2,1H3. The molecule has 6 nitrogen and oxygen atoms in total. The minimum atomic E-state index is 0.119. The molecule has 1 aromatic heterocycles. The molecule has 116 valence electrons. The molecule has 1 aliphatic carbocycles. The first-order chi connectivity index (χ1) is 10.7. The molecule has 0 bridgehead atoms. The lowest BCUT2D eigenvalue weighted by atomic mass is 10.1. The lowest BCUT2D eigenvalue weighted by Crippen LogP contribution is -2.53. The molecule has 1 saturated carbocycles. The van der Waals surface area contributed by atoms with E-state index >= 15 is 0 Å². The number of hydrogen-bond donors (Lipinski definition) is 0. The molecule has 1 saturated heterocycles. The highest BCUT2D eigenvalue weighted by atomic mass is 16.5. The Morgan fingerprint density at radius 2 is 2.41 bits per heavy atom. The maximum absolute atomic E-state index is 12.6. The van der Waals surface area contributed by atoms with Gasteiger partial charge in [0.2, 0.25) is 5.91 Å². The first-order valence-electron chi connectivity index (χ1n) is 7.67. The molecule has 2 unspecified atom stereocenters. The van der Waals surface area contributed by atoms with Crippen LogP contribution in [0.1, 0.15) is 24.8 Å². The number of likely N-dealkylation sites (N-methyl/N-ethyl adjacent to an activating group) is 1. The van der Waals surface area contributed by atoms with Crippen LogP contribution >= 0.6 is 0 Å². The van der Waals surface area contributed by atoms with Crippen molar-refractivity contribution in [1.29, 1.82) is 5.26 Å². The molecule has 0 aromatic carbocycles. The first kappa shape index (κ1) is 14.8. The van der Waals surface area contributed by atoms with Gasteiger partial charge >= 0.3 is 0 Å². The summed E-state index contributed by atoms with van der Waals surface area (Å²) in [6, 6.07) is 5.76. The fourth-order valence-corrected chi connectivity index (χ4v) is 3.29. The van der Waals surface area contributed by atoms with Crippen LogP contribution in [0.15, 0.2) is 18.3 Å². The summed E-state index contributed by atoms with van der Waals surface area (Å²) in [7, 11) is 1.85. The van der Waals surface area contributed by atoms with Gasteiger partial charge in [0.25, 0.3) is 0 Å². The predicted molar refractivity (Wildman–Crippen MR) is 81.3 cm³/mol. The molecule has 2 aliphatic rings. The Kier molecular flexibility index (Phi) is 4.25. The van der Waals surface area contributed by atoms with E-state index in [1.165, 1.54) is 6.20 Å². The second-order valence-corrected chi connectivity index (χ2v) is 5.87. The Bertz CT molecular complexity index is 581. The lowest BCUT2D eigenvalue weighted by Gasteiger charge is -2.38. The van der Waals surface area contributed by atoms with Gasteiger partial charge < -0.3 is 14.5 Å². The molecule has 2 heterocycles. The Hall–Kier alpha value is -2.13. The summed E-state index contributed by atoms with van der Waals surface area (Å²) >= 11 is 0. The van der Waals surface area contributed by atoms with Gasteiger partial charge in [-0.15, -0.1) is 0 Å². The van der Waals surface area contributed by atoms with Crippen molar-refractivity contribution in [3.05, 3.63) is 23.9 Å². The number of rotatable bonds is 3. The zero-order valence-corrected chi connectivity index (χ0v) is 12.7. The summed E-state index contributed by atoms with van der Waals surface area (Å²) in [5, 5.41) is 8.79. The first-order valence-corrected chi connectivity index (χ1v) is 7.67. The van der Waals surface area contributed by atoms with E-state index in [2.05, 4.69) is 4.98 Å². The molecule has 2 atom stereocenters. The third-order valence-corrected chi connectivity index (χ3v) is 4.44. The molecule has 0 spiro atoms. The fourth-order valence-electron chi connectivity index (χ4n) is 3.29. The van der Waals surface area contributed by atoms with Gasteiger partial charge in [0.1, 0.15) is 11.9 Å². The topological polar surface area (TPSA) is 69.5 Å². The smallest absolute Gasteiger partial charge is 0.242 e. The summed E-state index contributed by atoms with van der Waals surface area (Å²) in [5.74, 6) is 0.817. The van der Waals surface area contributed by atoms with Crippen LogP contribution in [0.4, 0.5) is 5.82 Å². The van der Waals surface area contributed by atoms with Gasteiger partial charge in [-0.05, 0) is 31.4 Å². The van der Waals surface area contributed by atoms with Gasteiger partial charge in [-0.25, -0.2) is 4.98 Å². The largest absolute Gasteiger partial charge is 0.374 e. The summed E-state index contributed by atoms with van der Waals surface area (Å²) in [6.07, 6.45) is 4.97. The second-order valence-electron chi connectivity index (χ2n) is 5.87. The van der Waals surface area contributed by atoms with Gasteiger partial charge in [-0.3, -0.25) is 4.79 Å². The zero-order valence-electron chi connectivity index (χ0n) is 12.7. The molecule has 3 rings (SSSR count). The number of carbonyl (C=O) groups excluding carboxylic acids is 1. The molecule has 6 heteroatoms. The molecule has 1 aliphatic heterocycles. The number of amides is 1. The van der Waals surface area contributed by atoms with E-state index in [1.807, 2.05) is 22.9 Å². The third kappa shape index (κ3) is 2.90. The predicted octanol–water partition coefficient (Wildman–Crippen LogP) is 1.17. The van der Waals surface area contributed by atoms with Crippen molar-refractivity contribution in [2.75, 3.05) is 31.6 Å². The molecule has 1 aromatic rings. The number of hydrogen-bond acceptors (Lipinski definition) is 5. The van der Waals surface area contributed by atoms with Crippen LogP contribution in [-0.2, 0) is 9.53 Å². The molecule has 1 amide bonds. The van der Waals surface area contributed by atoms with E-state index < -0.39 is 0 Å². The Morgan fingerprint density at radius 1 is 1.55 bits per heavy atom. The van der Waals surface area contributed by atoms with Crippen molar-refractivity contribution < 1.29 is 9.53 Å². The normalized spacial score (nSPS) is 23.7. The Labute approximate surface area is 130 Å². The minimum absolute atomic E-state index is 0.119. The van der Waals surface area contributed by atoms with Crippen molar-refractivity contribution in [2.45, 2.75) is 31.4 Å². The highest BCUT2D eigenvalue weighted by Gasteiger charge is 2.38. The van der Waals surface area contributed by atoms with Crippen molar-refractivity contribution in [3.63, 3.8) is 0 Å². The fraction of sp³-hybridized carbons (Fsp3) is 0.562. The van der Waals surface area contributed by atoms with Crippen LogP contribution in [0.25, 0.3) is 0 Å². The summed E-state index contributed by atoms with van der Waals surface area (Å²) in [4.78, 5) is 20.6.